The fourth-order valence-corrected chi connectivity index (χ4v) is 2.38. The molecule has 0 saturated carbocycles. The standard InChI is InChI=1S/C18H20O2/c1-2-3-9-17(18(19)20)16-12-10-15(11-13-16)14-7-5-4-6-8-14/h4-8,10-13,17H,2-3,9H2,1H3,(H,19,20)/t17-/m0/s1. The summed E-state index contributed by atoms with van der Waals surface area (Å²) in [5.41, 5.74) is 3.17. The van der Waals surface area contributed by atoms with Crippen LogP contribution in [0, 0.1) is 0 Å². The van der Waals surface area contributed by atoms with Crippen molar-refractivity contribution in [2.75, 3.05) is 0 Å². The zero-order valence-electron chi connectivity index (χ0n) is 11.8. The molecule has 1 N–H and O–H groups in total. The summed E-state index contributed by atoms with van der Waals surface area (Å²) in [6.07, 6.45) is 2.67. The average molecular weight is 268 g/mol. The molecule has 0 amide bonds. The molecule has 0 heterocycles. The van der Waals surface area contributed by atoms with Crippen LogP contribution < -0.4 is 0 Å². The summed E-state index contributed by atoms with van der Waals surface area (Å²) >= 11 is 0. The predicted molar refractivity (Wildman–Crippen MR) is 81.8 cm³/mol. The molecule has 0 aliphatic carbocycles. The number of hydrogen-bond acceptors (Lipinski definition) is 1. The monoisotopic (exact) mass is 268 g/mol. The molecule has 2 nitrogen and oxygen atoms in total. The van der Waals surface area contributed by atoms with E-state index < -0.39 is 5.97 Å². The van der Waals surface area contributed by atoms with E-state index in [1.807, 2.05) is 42.5 Å². The Kier molecular flexibility index (Phi) is 4.94. The highest BCUT2D eigenvalue weighted by atomic mass is 16.4. The third-order valence-corrected chi connectivity index (χ3v) is 3.56. The number of aliphatic carboxylic acids is 1. The summed E-state index contributed by atoms with van der Waals surface area (Å²) in [4.78, 5) is 11.4. The Morgan fingerprint density at radius 1 is 1.00 bits per heavy atom. The molecule has 0 bridgehead atoms. The van der Waals surface area contributed by atoms with Crippen LogP contribution in [0.5, 0.6) is 0 Å². The van der Waals surface area contributed by atoms with Crippen LogP contribution in [0.4, 0.5) is 0 Å². The van der Waals surface area contributed by atoms with Gasteiger partial charge in [0.25, 0.3) is 0 Å². The van der Waals surface area contributed by atoms with Gasteiger partial charge in [-0.1, -0.05) is 74.4 Å². The molecule has 0 aliphatic rings. The van der Waals surface area contributed by atoms with E-state index in [1.54, 1.807) is 0 Å². The summed E-state index contributed by atoms with van der Waals surface area (Å²) in [5, 5.41) is 9.34. The van der Waals surface area contributed by atoms with Crippen molar-refractivity contribution in [3.05, 3.63) is 60.2 Å². The quantitative estimate of drug-likeness (QED) is 0.823. The molecule has 2 aromatic carbocycles. The van der Waals surface area contributed by atoms with Crippen LogP contribution in [0.3, 0.4) is 0 Å². The Bertz CT molecular complexity index is 543. The molecule has 0 fully saturated rings. The van der Waals surface area contributed by atoms with Crippen LogP contribution in [0.15, 0.2) is 54.6 Å². The number of carboxylic acid groups (broad SMARTS) is 1. The average Bonchev–Trinajstić information content (AvgIpc) is 2.49. The van der Waals surface area contributed by atoms with Crippen LogP contribution in [-0.2, 0) is 4.79 Å². The van der Waals surface area contributed by atoms with Gasteiger partial charge >= 0.3 is 5.97 Å². The molecule has 0 radical (unpaired) electrons. The van der Waals surface area contributed by atoms with Crippen LogP contribution in [0.1, 0.15) is 37.7 Å². The molecule has 2 heteroatoms. The second kappa shape index (κ2) is 6.90. The van der Waals surface area contributed by atoms with Crippen LogP contribution in [0.25, 0.3) is 11.1 Å². The van der Waals surface area contributed by atoms with Crippen molar-refractivity contribution in [2.24, 2.45) is 0 Å². The highest BCUT2D eigenvalue weighted by molar-refractivity contribution is 5.76. The third-order valence-electron chi connectivity index (χ3n) is 3.56. The van der Waals surface area contributed by atoms with E-state index in [4.69, 9.17) is 0 Å². The molecule has 2 aromatic rings. The van der Waals surface area contributed by atoms with E-state index in [0.717, 1.165) is 29.5 Å². The summed E-state index contributed by atoms with van der Waals surface area (Å²) < 4.78 is 0. The smallest absolute Gasteiger partial charge is 0.310 e. The lowest BCUT2D eigenvalue weighted by Gasteiger charge is -2.13. The van der Waals surface area contributed by atoms with Gasteiger partial charge in [-0.2, -0.15) is 0 Å². The zero-order chi connectivity index (χ0) is 14.4. The first kappa shape index (κ1) is 14.3. The predicted octanol–water partition coefficient (Wildman–Crippen LogP) is 4.71. The summed E-state index contributed by atoms with van der Waals surface area (Å²) in [7, 11) is 0. The highest BCUT2D eigenvalue weighted by Gasteiger charge is 2.18. The molecular weight excluding hydrogens is 248 g/mol. The maximum atomic E-state index is 11.4. The van der Waals surface area contributed by atoms with Crippen molar-refractivity contribution >= 4 is 5.97 Å². The van der Waals surface area contributed by atoms with Gasteiger partial charge in [0, 0.05) is 0 Å². The Labute approximate surface area is 120 Å². The van der Waals surface area contributed by atoms with Crippen molar-refractivity contribution in [1.82, 2.24) is 0 Å². The molecular formula is C18H20O2. The lowest BCUT2D eigenvalue weighted by molar-refractivity contribution is -0.139. The number of benzene rings is 2. The van der Waals surface area contributed by atoms with Gasteiger partial charge < -0.3 is 5.11 Å². The highest BCUT2D eigenvalue weighted by Crippen LogP contribution is 2.26. The molecule has 104 valence electrons. The van der Waals surface area contributed by atoms with Crippen molar-refractivity contribution < 1.29 is 9.90 Å². The second-order valence-electron chi connectivity index (χ2n) is 5.02. The van der Waals surface area contributed by atoms with Crippen molar-refractivity contribution in [2.45, 2.75) is 32.1 Å². The van der Waals surface area contributed by atoms with E-state index in [9.17, 15) is 9.90 Å². The van der Waals surface area contributed by atoms with Gasteiger partial charge in [-0.15, -0.1) is 0 Å². The second-order valence-corrected chi connectivity index (χ2v) is 5.02. The van der Waals surface area contributed by atoms with Gasteiger partial charge in [0.1, 0.15) is 0 Å². The van der Waals surface area contributed by atoms with E-state index in [2.05, 4.69) is 19.1 Å². The number of carbonyl (C=O) groups is 1. The summed E-state index contributed by atoms with van der Waals surface area (Å²) in [6.45, 7) is 2.08. The molecule has 0 unspecified atom stereocenters. The molecule has 0 spiro atoms. The first-order valence-corrected chi connectivity index (χ1v) is 7.10. The SMILES string of the molecule is CCCC[C@H](C(=O)O)c1ccc(-c2ccccc2)cc1. The van der Waals surface area contributed by atoms with Gasteiger partial charge in [0.15, 0.2) is 0 Å². The number of hydrogen-bond donors (Lipinski definition) is 1. The minimum atomic E-state index is -0.731. The van der Waals surface area contributed by atoms with E-state index in [0.29, 0.717) is 6.42 Å². The minimum absolute atomic E-state index is 0.389. The van der Waals surface area contributed by atoms with Crippen LogP contribution in [0.2, 0.25) is 0 Å². The molecule has 0 aliphatic heterocycles. The Morgan fingerprint density at radius 3 is 2.15 bits per heavy atom. The normalized spacial score (nSPS) is 12.1. The Hall–Kier alpha value is -2.09. The number of carboxylic acids is 1. The topological polar surface area (TPSA) is 37.3 Å². The maximum Gasteiger partial charge on any atom is 0.310 e. The van der Waals surface area contributed by atoms with Gasteiger partial charge in [-0.3, -0.25) is 4.79 Å². The number of rotatable bonds is 6. The Morgan fingerprint density at radius 2 is 1.60 bits per heavy atom. The summed E-state index contributed by atoms with van der Waals surface area (Å²) in [6, 6.07) is 18.0. The van der Waals surface area contributed by atoms with Crippen LogP contribution >= 0.6 is 0 Å². The van der Waals surface area contributed by atoms with E-state index >= 15 is 0 Å². The van der Waals surface area contributed by atoms with Gasteiger partial charge in [-0.25, -0.2) is 0 Å². The van der Waals surface area contributed by atoms with Crippen molar-refractivity contribution in [3.63, 3.8) is 0 Å². The molecule has 2 rings (SSSR count). The van der Waals surface area contributed by atoms with Gasteiger partial charge in [-0.05, 0) is 23.1 Å². The first-order valence-electron chi connectivity index (χ1n) is 7.10. The summed E-state index contributed by atoms with van der Waals surface area (Å²) in [5.74, 6) is -1.12. The van der Waals surface area contributed by atoms with Crippen molar-refractivity contribution in [1.29, 1.82) is 0 Å². The molecule has 20 heavy (non-hydrogen) atoms. The van der Waals surface area contributed by atoms with Crippen molar-refractivity contribution in [3.8, 4) is 11.1 Å². The van der Waals surface area contributed by atoms with Crippen LogP contribution in [-0.4, -0.2) is 11.1 Å². The first-order chi connectivity index (χ1) is 9.72. The minimum Gasteiger partial charge on any atom is -0.481 e. The zero-order valence-corrected chi connectivity index (χ0v) is 11.8. The lowest BCUT2D eigenvalue weighted by atomic mass is 9.92. The van der Waals surface area contributed by atoms with E-state index in [1.165, 1.54) is 0 Å². The van der Waals surface area contributed by atoms with Gasteiger partial charge in [0.05, 0.1) is 5.92 Å². The lowest BCUT2D eigenvalue weighted by Crippen LogP contribution is -2.11. The number of unbranched alkanes of at least 4 members (excludes halogenated alkanes) is 1. The fourth-order valence-electron chi connectivity index (χ4n) is 2.38. The largest absolute Gasteiger partial charge is 0.481 e. The Balaban J connectivity index is 2.20. The maximum absolute atomic E-state index is 11.4. The van der Waals surface area contributed by atoms with E-state index in [-0.39, 0.29) is 5.92 Å². The third kappa shape index (κ3) is 3.47. The molecule has 0 saturated heterocycles. The van der Waals surface area contributed by atoms with Gasteiger partial charge in [0.2, 0.25) is 0 Å². The molecule has 1 atom stereocenters. The molecule has 0 aromatic heterocycles. The fraction of sp³-hybridized carbons (Fsp3) is 0.278.